The van der Waals surface area contributed by atoms with Crippen molar-refractivity contribution in [1.82, 2.24) is 0 Å². The first-order chi connectivity index (χ1) is 8.24. The van der Waals surface area contributed by atoms with Gasteiger partial charge in [0, 0.05) is 32.6 Å². The molecular formula is C13H20FNO2. The molecule has 1 N–H and O–H groups in total. The lowest BCUT2D eigenvalue weighted by Crippen LogP contribution is -2.10. The van der Waals surface area contributed by atoms with Gasteiger partial charge in [-0.2, -0.15) is 0 Å². The number of halogens is 1. The van der Waals surface area contributed by atoms with Gasteiger partial charge in [0.2, 0.25) is 0 Å². The molecule has 0 amide bonds. The molecule has 1 aromatic carbocycles. The van der Waals surface area contributed by atoms with Gasteiger partial charge in [0.25, 0.3) is 0 Å². The Hall–Kier alpha value is -1.13. The highest BCUT2D eigenvalue weighted by molar-refractivity contribution is 5.44. The van der Waals surface area contributed by atoms with Crippen molar-refractivity contribution in [1.29, 1.82) is 0 Å². The number of hydrogen-bond acceptors (Lipinski definition) is 3. The monoisotopic (exact) mass is 241 g/mol. The Morgan fingerprint density at radius 1 is 1.24 bits per heavy atom. The SMILES string of the molecule is COCCCOCCNc1ccc(C)c(F)c1. The molecule has 4 heteroatoms. The molecule has 0 spiro atoms. The van der Waals surface area contributed by atoms with Gasteiger partial charge < -0.3 is 14.8 Å². The van der Waals surface area contributed by atoms with E-state index in [1.807, 2.05) is 6.07 Å². The minimum Gasteiger partial charge on any atom is -0.385 e. The fraction of sp³-hybridized carbons (Fsp3) is 0.538. The molecule has 0 aliphatic carbocycles. The third-order valence-corrected chi connectivity index (χ3v) is 2.38. The number of rotatable bonds is 8. The Morgan fingerprint density at radius 3 is 2.76 bits per heavy atom. The Kier molecular flexibility index (Phi) is 6.58. The summed E-state index contributed by atoms with van der Waals surface area (Å²) in [6, 6.07) is 5.13. The highest BCUT2D eigenvalue weighted by Gasteiger charge is 1.98. The zero-order chi connectivity index (χ0) is 12.5. The Balaban J connectivity index is 2.11. The van der Waals surface area contributed by atoms with Crippen LogP contribution >= 0.6 is 0 Å². The van der Waals surface area contributed by atoms with Crippen LogP contribution in [0.1, 0.15) is 12.0 Å². The Morgan fingerprint density at radius 2 is 2.06 bits per heavy atom. The molecule has 0 fully saturated rings. The second-order valence-corrected chi connectivity index (χ2v) is 3.85. The van der Waals surface area contributed by atoms with Crippen molar-refractivity contribution >= 4 is 5.69 Å². The minimum absolute atomic E-state index is 0.184. The molecule has 0 heterocycles. The van der Waals surface area contributed by atoms with Crippen molar-refractivity contribution in [3.63, 3.8) is 0 Å². The van der Waals surface area contributed by atoms with Gasteiger partial charge in [-0.1, -0.05) is 6.07 Å². The van der Waals surface area contributed by atoms with Crippen LogP contribution in [-0.4, -0.2) is 33.5 Å². The second kappa shape index (κ2) is 8.03. The topological polar surface area (TPSA) is 30.5 Å². The lowest BCUT2D eigenvalue weighted by molar-refractivity contribution is 0.109. The standard InChI is InChI=1S/C13H20FNO2/c1-11-4-5-12(10-13(11)14)15-6-9-17-8-3-7-16-2/h4-5,10,15H,3,6-9H2,1-2H3. The summed E-state index contributed by atoms with van der Waals surface area (Å²) < 4.78 is 23.5. The summed E-state index contributed by atoms with van der Waals surface area (Å²) in [5, 5.41) is 3.11. The minimum atomic E-state index is -0.184. The van der Waals surface area contributed by atoms with Crippen LogP contribution in [0.5, 0.6) is 0 Å². The predicted molar refractivity (Wildman–Crippen MR) is 66.9 cm³/mol. The van der Waals surface area contributed by atoms with Crippen molar-refractivity contribution in [2.45, 2.75) is 13.3 Å². The van der Waals surface area contributed by atoms with Crippen LogP contribution < -0.4 is 5.32 Å². The first kappa shape index (κ1) is 13.9. The van der Waals surface area contributed by atoms with E-state index in [0.29, 0.717) is 25.3 Å². The highest BCUT2D eigenvalue weighted by Crippen LogP contribution is 2.12. The highest BCUT2D eigenvalue weighted by atomic mass is 19.1. The molecule has 0 radical (unpaired) electrons. The quantitative estimate of drug-likeness (QED) is 0.710. The molecule has 17 heavy (non-hydrogen) atoms. The molecule has 0 saturated heterocycles. The van der Waals surface area contributed by atoms with Crippen LogP contribution in [0.15, 0.2) is 18.2 Å². The summed E-state index contributed by atoms with van der Waals surface area (Å²) in [4.78, 5) is 0. The Labute approximate surface area is 102 Å². The maximum absolute atomic E-state index is 13.2. The van der Waals surface area contributed by atoms with E-state index in [9.17, 15) is 4.39 Å². The fourth-order valence-corrected chi connectivity index (χ4v) is 1.38. The van der Waals surface area contributed by atoms with Gasteiger partial charge in [0.1, 0.15) is 5.82 Å². The molecule has 0 aliphatic heterocycles. The normalized spacial score (nSPS) is 10.5. The maximum atomic E-state index is 13.2. The largest absolute Gasteiger partial charge is 0.385 e. The molecule has 0 unspecified atom stereocenters. The average Bonchev–Trinajstić information content (AvgIpc) is 2.32. The van der Waals surface area contributed by atoms with Gasteiger partial charge >= 0.3 is 0 Å². The lowest BCUT2D eigenvalue weighted by Gasteiger charge is -2.08. The summed E-state index contributed by atoms with van der Waals surface area (Å²) in [7, 11) is 1.67. The summed E-state index contributed by atoms with van der Waals surface area (Å²) >= 11 is 0. The third kappa shape index (κ3) is 5.65. The van der Waals surface area contributed by atoms with Crippen LogP contribution in [0.3, 0.4) is 0 Å². The van der Waals surface area contributed by atoms with Gasteiger partial charge in [-0.3, -0.25) is 0 Å². The molecule has 96 valence electrons. The number of nitrogens with one attached hydrogen (secondary N) is 1. The van der Waals surface area contributed by atoms with E-state index in [2.05, 4.69) is 5.32 Å². The van der Waals surface area contributed by atoms with Gasteiger partial charge in [0.05, 0.1) is 6.61 Å². The van der Waals surface area contributed by atoms with E-state index in [1.165, 1.54) is 6.07 Å². The first-order valence-electron chi connectivity index (χ1n) is 5.80. The van der Waals surface area contributed by atoms with Crippen LogP contribution in [0.4, 0.5) is 10.1 Å². The Bertz CT molecular complexity index is 331. The number of aryl methyl sites for hydroxylation is 1. The van der Waals surface area contributed by atoms with Crippen LogP contribution in [0, 0.1) is 12.7 Å². The molecule has 0 aromatic heterocycles. The molecule has 3 nitrogen and oxygen atoms in total. The van der Waals surface area contributed by atoms with Gasteiger partial charge in [-0.05, 0) is 31.0 Å². The van der Waals surface area contributed by atoms with Crippen LogP contribution in [0.25, 0.3) is 0 Å². The smallest absolute Gasteiger partial charge is 0.128 e. The molecule has 1 rings (SSSR count). The zero-order valence-electron chi connectivity index (χ0n) is 10.5. The predicted octanol–water partition coefficient (Wildman–Crippen LogP) is 2.60. The number of ether oxygens (including phenoxy) is 2. The van der Waals surface area contributed by atoms with Crippen LogP contribution in [-0.2, 0) is 9.47 Å². The summed E-state index contributed by atoms with van der Waals surface area (Å²) in [5.41, 5.74) is 1.44. The van der Waals surface area contributed by atoms with Crippen molar-refractivity contribution in [2.24, 2.45) is 0 Å². The van der Waals surface area contributed by atoms with E-state index >= 15 is 0 Å². The van der Waals surface area contributed by atoms with E-state index < -0.39 is 0 Å². The number of anilines is 1. The van der Waals surface area contributed by atoms with Crippen molar-refractivity contribution in [3.05, 3.63) is 29.6 Å². The number of benzene rings is 1. The molecule has 0 saturated carbocycles. The summed E-state index contributed by atoms with van der Waals surface area (Å²) in [5.74, 6) is -0.184. The van der Waals surface area contributed by atoms with Gasteiger partial charge in [0.15, 0.2) is 0 Å². The van der Waals surface area contributed by atoms with E-state index in [0.717, 1.165) is 18.7 Å². The molecule has 0 bridgehead atoms. The molecule has 0 aliphatic rings. The van der Waals surface area contributed by atoms with E-state index in [1.54, 1.807) is 20.1 Å². The molecular weight excluding hydrogens is 221 g/mol. The summed E-state index contributed by atoms with van der Waals surface area (Å²) in [6.45, 7) is 4.45. The first-order valence-corrected chi connectivity index (χ1v) is 5.80. The molecule has 1 aromatic rings. The van der Waals surface area contributed by atoms with Gasteiger partial charge in [-0.15, -0.1) is 0 Å². The number of methoxy groups -OCH3 is 1. The van der Waals surface area contributed by atoms with E-state index in [-0.39, 0.29) is 5.82 Å². The van der Waals surface area contributed by atoms with Crippen molar-refractivity contribution in [3.8, 4) is 0 Å². The van der Waals surface area contributed by atoms with Crippen molar-refractivity contribution < 1.29 is 13.9 Å². The number of hydrogen-bond donors (Lipinski definition) is 1. The fourth-order valence-electron chi connectivity index (χ4n) is 1.38. The van der Waals surface area contributed by atoms with Crippen LogP contribution in [0.2, 0.25) is 0 Å². The zero-order valence-corrected chi connectivity index (χ0v) is 10.5. The summed E-state index contributed by atoms with van der Waals surface area (Å²) in [6.07, 6.45) is 0.898. The van der Waals surface area contributed by atoms with Gasteiger partial charge in [-0.25, -0.2) is 4.39 Å². The lowest BCUT2D eigenvalue weighted by atomic mass is 10.2. The third-order valence-electron chi connectivity index (χ3n) is 2.38. The van der Waals surface area contributed by atoms with Crippen molar-refractivity contribution in [2.75, 3.05) is 38.8 Å². The van der Waals surface area contributed by atoms with E-state index in [4.69, 9.17) is 9.47 Å². The molecule has 0 atom stereocenters. The maximum Gasteiger partial charge on any atom is 0.128 e. The average molecular weight is 241 g/mol. The second-order valence-electron chi connectivity index (χ2n) is 3.85.